The number of fused-ring (bicyclic) bond motifs is 1. The number of anilines is 1. The molecule has 0 radical (unpaired) electrons. The molecule has 7 heteroatoms. The Labute approximate surface area is 170 Å². The fourth-order valence-corrected chi connectivity index (χ4v) is 2.47. The zero-order chi connectivity index (χ0) is 20.3. The van der Waals surface area contributed by atoms with Crippen LogP contribution in [0.5, 0.6) is 23.0 Å². The summed E-state index contributed by atoms with van der Waals surface area (Å²) in [7, 11) is 0. The fraction of sp³-hybridized carbons (Fsp3) is 0.318. The van der Waals surface area contributed by atoms with Crippen molar-refractivity contribution < 1.29 is 23.7 Å². The number of amides is 2. The van der Waals surface area contributed by atoms with Gasteiger partial charge in [0.15, 0.2) is 11.5 Å². The summed E-state index contributed by atoms with van der Waals surface area (Å²) in [6.07, 6.45) is 2.11. The second kappa shape index (κ2) is 10.7. The lowest BCUT2D eigenvalue weighted by molar-refractivity contribution is 0.174. The van der Waals surface area contributed by atoms with Gasteiger partial charge in [-0.2, -0.15) is 0 Å². The van der Waals surface area contributed by atoms with Crippen molar-refractivity contribution >= 4 is 11.7 Å². The Bertz CT molecular complexity index is 871. The summed E-state index contributed by atoms with van der Waals surface area (Å²) in [5.41, 5.74) is 0.685. The first-order valence-electron chi connectivity index (χ1n) is 9.50. The first kappa shape index (κ1) is 20.2. The third-order valence-electron chi connectivity index (χ3n) is 4.00. The molecule has 2 aromatic carbocycles. The van der Waals surface area contributed by atoms with Gasteiger partial charge >= 0.3 is 6.03 Å². The maximum atomic E-state index is 11.9. The zero-order valence-electron chi connectivity index (χ0n) is 16.3. The van der Waals surface area contributed by atoms with Gasteiger partial charge in [-0.1, -0.05) is 25.2 Å². The van der Waals surface area contributed by atoms with Crippen molar-refractivity contribution in [1.29, 1.82) is 0 Å². The van der Waals surface area contributed by atoms with Gasteiger partial charge in [0.2, 0.25) is 6.79 Å². The quantitative estimate of drug-likeness (QED) is 0.524. The number of carbonyl (C=O) groups is 1. The minimum Gasteiger partial charge on any atom is -0.494 e. The van der Waals surface area contributed by atoms with Crippen LogP contribution in [-0.4, -0.2) is 32.6 Å². The highest BCUT2D eigenvalue weighted by atomic mass is 16.7. The predicted octanol–water partition coefficient (Wildman–Crippen LogP) is 3.80. The molecule has 0 spiro atoms. The normalized spacial score (nSPS) is 11.2. The molecule has 0 saturated carbocycles. The first-order valence-corrected chi connectivity index (χ1v) is 9.50. The number of ether oxygens (including phenoxy) is 4. The summed E-state index contributed by atoms with van der Waals surface area (Å²) < 4.78 is 21.7. The van der Waals surface area contributed by atoms with Crippen molar-refractivity contribution in [2.75, 3.05) is 31.9 Å². The molecule has 0 fully saturated rings. The number of hydrogen-bond acceptors (Lipinski definition) is 5. The summed E-state index contributed by atoms with van der Waals surface area (Å²) in [6, 6.07) is 12.3. The van der Waals surface area contributed by atoms with Crippen LogP contribution in [0, 0.1) is 11.8 Å². The molecule has 1 heterocycles. The summed E-state index contributed by atoms with van der Waals surface area (Å²) in [5.74, 6) is 8.50. The number of hydrogen-bond donors (Lipinski definition) is 2. The van der Waals surface area contributed by atoms with E-state index in [1.54, 1.807) is 30.3 Å². The molecule has 152 valence electrons. The lowest BCUT2D eigenvalue weighted by Crippen LogP contribution is -2.28. The lowest BCUT2D eigenvalue weighted by Gasteiger charge is -2.08. The SMILES string of the molecule is CCCCOc1ccc(NC(=O)NCC#CCOc2ccc3c(c2)OCO3)cc1. The Hall–Kier alpha value is -3.53. The van der Waals surface area contributed by atoms with Crippen molar-refractivity contribution in [2.45, 2.75) is 19.8 Å². The molecule has 0 atom stereocenters. The van der Waals surface area contributed by atoms with Gasteiger partial charge in [-0.3, -0.25) is 0 Å². The van der Waals surface area contributed by atoms with Crippen LogP contribution >= 0.6 is 0 Å². The van der Waals surface area contributed by atoms with Crippen LogP contribution in [0.1, 0.15) is 19.8 Å². The van der Waals surface area contributed by atoms with Gasteiger partial charge < -0.3 is 29.6 Å². The molecule has 0 bridgehead atoms. The molecule has 2 amide bonds. The summed E-state index contributed by atoms with van der Waals surface area (Å²) in [6.45, 7) is 3.47. The summed E-state index contributed by atoms with van der Waals surface area (Å²) >= 11 is 0. The molecule has 2 aromatic rings. The lowest BCUT2D eigenvalue weighted by atomic mass is 10.3. The smallest absolute Gasteiger partial charge is 0.319 e. The minimum absolute atomic E-state index is 0.211. The van der Waals surface area contributed by atoms with Gasteiger partial charge in [0, 0.05) is 11.8 Å². The molecule has 2 N–H and O–H groups in total. The molecule has 29 heavy (non-hydrogen) atoms. The highest BCUT2D eigenvalue weighted by Gasteiger charge is 2.13. The van der Waals surface area contributed by atoms with E-state index >= 15 is 0 Å². The maximum absolute atomic E-state index is 11.9. The van der Waals surface area contributed by atoms with E-state index in [0.29, 0.717) is 29.5 Å². The Morgan fingerprint density at radius 3 is 2.66 bits per heavy atom. The number of urea groups is 1. The van der Waals surface area contributed by atoms with E-state index in [9.17, 15) is 4.79 Å². The highest BCUT2D eigenvalue weighted by molar-refractivity contribution is 5.89. The van der Waals surface area contributed by atoms with Crippen molar-refractivity contribution in [1.82, 2.24) is 5.32 Å². The third-order valence-corrected chi connectivity index (χ3v) is 4.00. The molecule has 0 aliphatic carbocycles. The van der Waals surface area contributed by atoms with Crippen molar-refractivity contribution in [3.8, 4) is 34.8 Å². The van der Waals surface area contributed by atoms with Crippen LogP contribution in [0.3, 0.4) is 0 Å². The molecule has 0 unspecified atom stereocenters. The monoisotopic (exact) mass is 396 g/mol. The first-order chi connectivity index (χ1) is 14.2. The second-order valence-corrected chi connectivity index (χ2v) is 6.19. The Morgan fingerprint density at radius 2 is 1.83 bits per heavy atom. The Balaban J connectivity index is 1.33. The topological polar surface area (TPSA) is 78.1 Å². The van der Waals surface area contributed by atoms with Crippen molar-refractivity contribution in [3.05, 3.63) is 42.5 Å². The largest absolute Gasteiger partial charge is 0.494 e. The standard InChI is InChI=1S/C22H24N2O5/c1-2-3-13-26-18-8-6-17(7-9-18)24-22(25)23-12-4-5-14-27-19-10-11-20-21(15-19)29-16-28-20/h6-11,15H,2-3,12-14,16H2,1H3,(H2,23,24,25). The molecule has 1 aliphatic heterocycles. The molecule has 7 nitrogen and oxygen atoms in total. The minimum atomic E-state index is -0.323. The van der Waals surface area contributed by atoms with E-state index in [1.807, 2.05) is 12.1 Å². The average Bonchev–Trinajstić information content (AvgIpc) is 3.20. The zero-order valence-corrected chi connectivity index (χ0v) is 16.3. The van der Waals surface area contributed by atoms with Crippen LogP contribution < -0.4 is 29.6 Å². The van der Waals surface area contributed by atoms with E-state index in [1.165, 1.54) is 0 Å². The molecule has 0 aromatic heterocycles. The van der Waals surface area contributed by atoms with E-state index in [2.05, 4.69) is 29.4 Å². The molecule has 3 rings (SSSR count). The van der Waals surface area contributed by atoms with Gasteiger partial charge in [0.25, 0.3) is 0 Å². The highest BCUT2D eigenvalue weighted by Crippen LogP contribution is 2.34. The van der Waals surface area contributed by atoms with Crippen molar-refractivity contribution in [2.24, 2.45) is 0 Å². The van der Waals surface area contributed by atoms with Gasteiger partial charge in [0.05, 0.1) is 13.2 Å². The predicted molar refractivity (Wildman–Crippen MR) is 110 cm³/mol. The van der Waals surface area contributed by atoms with Gasteiger partial charge in [0.1, 0.15) is 18.1 Å². The molecule has 1 aliphatic rings. The molecule has 0 saturated heterocycles. The van der Waals surface area contributed by atoms with Gasteiger partial charge in [-0.05, 0) is 42.8 Å². The third kappa shape index (κ3) is 6.54. The maximum Gasteiger partial charge on any atom is 0.319 e. The number of rotatable bonds is 8. The number of unbranched alkanes of at least 4 members (excludes halogenated alkanes) is 1. The van der Waals surface area contributed by atoms with E-state index in [4.69, 9.17) is 18.9 Å². The second-order valence-electron chi connectivity index (χ2n) is 6.19. The van der Waals surface area contributed by atoms with Crippen LogP contribution in [0.4, 0.5) is 10.5 Å². The van der Waals surface area contributed by atoms with Crippen molar-refractivity contribution in [3.63, 3.8) is 0 Å². The summed E-state index contributed by atoms with van der Waals surface area (Å²) in [4.78, 5) is 11.9. The van der Waals surface area contributed by atoms with Crippen LogP contribution in [0.25, 0.3) is 0 Å². The fourth-order valence-electron chi connectivity index (χ4n) is 2.47. The average molecular weight is 396 g/mol. The van der Waals surface area contributed by atoms with E-state index in [0.717, 1.165) is 18.6 Å². The van der Waals surface area contributed by atoms with E-state index in [-0.39, 0.29) is 26.0 Å². The van der Waals surface area contributed by atoms with Crippen LogP contribution in [-0.2, 0) is 0 Å². The number of benzene rings is 2. The van der Waals surface area contributed by atoms with E-state index < -0.39 is 0 Å². The Kier molecular flexibility index (Phi) is 7.47. The van der Waals surface area contributed by atoms with Crippen LogP contribution in [0.15, 0.2) is 42.5 Å². The molecular formula is C22H24N2O5. The Morgan fingerprint density at radius 1 is 1.03 bits per heavy atom. The molecular weight excluding hydrogens is 372 g/mol. The van der Waals surface area contributed by atoms with Crippen LogP contribution in [0.2, 0.25) is 0 Å². The van der Waals surface area contributed by atoms with Gasteiger partial charge in [-0.15, -0.1) is 0 Å². The number of nitrogens with one attached hydrogen (secondary N) is 2. The summed E-state index contributed by atoms with van der Waals surface area (Å²) in [5, 5.41) is 5.42. The number of carbonyl (C=O) groups excluding carboxylic acids is 1. The van der Waals surface area contributed by atoms with Gasteiger partial charge in [-0.25, -0.2) is 4.79 Å².